The first-order chi connectivity index (χ1) is 12.7. The Hall–Kier alpha value is -2.43. The van der Waals surface area contributed by atoms with Crippen LogP contribution in [0.25, 0.3) is 5.65 Å². The number of halogens is 2. The molecule has 1 unspecified atom stereocenters. The molecule has 3 aromatic rings. The summed E-state index contributed by atoms with van der Waals surface area (Å²) in [6.07, 6.45) is 1.75. The monoisotopic (exact) mass is 484 g/mol. The van der Waals surface area contributed by atoms with Gasteiger partial charge in [0.25, 0.3) is 0 Å². The maximum Gasteiger partial charge on any atom is 0.191 e. The third-order valence-corrected chi connectivity index (χ3v) is 3.71. The van der Waals surface area contributed by atoms with Crippen LogP contribution in [0.3, 0.4) is 0 Å². The molecule has 0 saturated carbocycles. The Kier molecular flexibility index (Phi) is 7.77. The summed E-state index contributed by atoms with van der Waals surface area (Å²) in [4.78, 5) is 4.18. The molecule has 9 heteroatoms. The summed E-state index contributed by atoms with van der Waals surface area (Å²) < 4.78 is 20.8. The van der Waals surface area contributed by atoms with Crippen LogP contribution in [0.1, 0.15) is 12.7 Å². The standard InChI is InChI=1S/C18H21FN6O.HI/c1-13(26-15-7-5-6-14(19)10-15)11-21-18(20-2)22-12-17-24-23-16-8-3-4-9-25(16)17;/h3-10,13H,11-12H2,1-2H3,(H2,20,21,22);1H. The third-order valence-electron chi connectivity index (χ3n) is 3.71. The van der Waals surface area contributed by atoms with Crippen LogP contribution >= 0.6 is 24.0 Å². The minimum absolute atomic E-state index is 0. The number of benzene rings is 1. The SMILES string of the molecule is CN=C(NCc1nnc2ccccn12)NCC(C)Oc1cccc(F)c1.I. The summed E-state index contributed by atoms with van der Waals surface area (Å²) in [5.41, 5.74) is 0.796. The summed E-state index contributed by atoms with van der Waals surface area (Å²) in [5, 5.41) is 14.7. The van der Waals surface area contributed by atoms with Crippen LogP contribution in [0.4, 0.5) is 4.39 Å². The Morgan fingerprint density at radius 2 is 2.07 bits per heavy atom. The minimum atomic E-state index is -0.319. The van der Waals surface area contributed by atoms with E-state index in [1.54, 1.807) is 19.2 Å². The highest BCUT2D eigenvalue weighted by Gasteiger charge is 2.08. The number of ether oxygens (including phenoxy) is 1. The van der Waals surface area contributed by atoms with E-state index >= 15 is 0 Å². The number of aliphatic imine (C=N–C) groups is 1. The van der Waals surface area contributed by atoms with Gasteiger partial charge in [-0.1, -0.05) is 12.1 Å². The van der Waals surface area contributed by atoms with Crippen LogP contribution in [-0.4, -0.2) is 40.3 Å². The highest BCUT2D eigenvalue weighted by atomic mass is 127. The number of nitrogens with zero attached hydrogens (tertiary/aromatic N) is 4. The largest absolute Gasteiger partial charge is 0.489 e. The first-order valence-electron chi connectivity index (χ1n) is 8.31. The molecule has 1 atom stereocenters. The second-order valence-corrected chi connectivity index (χ2v) is 5.74. The molecule has 1 aromatic carbocycles. The summed E-state index contributed by atoms with van der Waals surface area (Å²) in [6, 6.07) is 11.8. The molecule has 0 aliphatic rings. The van der Waals surface area contributed by atoms with Gasteiger partial charge in [-0.2, -0.15) is 0 Å². The lowest BCUT2D eigenvalue weighted by molar-refractivity contribution is 0.223. The Morgan fingerprint density at radius 3 is 2.85 bits per heavy atom. The summed E-state index contributed by atoms with van der Waals surface area (Å²) >= 11 is 0. The number of rotatable bonds is 6. The second-order valence-electron chi connectivity index (χ2n) is 5.74. The predicted molar refractivity (Wildman–Crippen MR) is 113 cm³/mol. The van der Waals surface area contributed by atoms with Gasteiger partial charge in [-0.25, -0.2) is 4.39 Å². The van der Waals surface area contributed by atoms with Crippen molar-refractivity contribution in [2.45, 2.75) is 19.6 Å². The van der Waals surface area contributed by atoms with Crippen LogP contribution in [0.15, 0.2) is 53.7 Å². The second kappa shape index (κ2) is 10.0. The van der Waals surface area contributed by atoms with E-state index in [4.69, 9.17) is 4.74 Å². The van der Waals surface area contributed by atoms with Crippen LogP contribution in [-0.2, 0) is 6.54 Å². The van der Waals surface area contributed by atoms with E-state index in [1.165, 1.54) is 12.1 Å². The molecule has 0 amide bonds. The van der Waals surface area contributed by atoms with E-state index in [2.05, 4.69) is 25.8 Å². The fourth-order valence-electron chi connectivity index (χ4n) is 2.45. The zero-order chi connectivity index (χ0) is 18.4. The lowest BCUT2D eigenvalue weighted by Gasteiger charge is -2.17. The first-order valence-corrected chi connectivity index (χ1v) is 8.31. The fourth-order valence-corrected chi connectivity index (χ4v) is 2.45. The number of fused-ring (bicyclic) bond motifs is 1. The zero-order valence-electron chi connectivity index (χ0n) is 15.1. The van der Waals surface area contributed by atoms with Crippen molar-refractivity contribution in [1.82, 2.24) is 25.2 Å². The number of pyridine rings is 1. The maximum absolute atomic E-state index is 13.2. The van der Waals surface area contributed by atoms with Gasteiger partial charge >= 0.3 is 0 Å². The van der Waals surface area contributed by atoms with Crippen LogP contribution in [0.2, 0.25) is 0 Å². The van der Waals surface area contributed by atoms with Crippen molar-refractivity contribution in [2.75, 3.05) is 13.6 Å². The number of hydrogen-bond donors (Lipinski definition) is 2. The quantitative estimate of drug-likeness (QED) is 0.320. The average molecular weight is 484 g/mol. The maximum atomic E-state index is 13.2. The van der Waals surface area contributed by atoms with E-state index < -0.39 is 0 Å². The van der Waals surface area contributed by atoms with E-state index in [9.17, 15) is 4.39 Å². The lowest BCUT2D eigenvalue weighted by atomic mass is 10.3. The Labute approximate surface area is 174 Å². The number of nitrogens with one attached hydrogen (secondary N) is 2. The number of hydrogen-bond acceptors (Lipinski definition) is 4. The van der Waals surface area contributed by atoms with E-state index in [-0.39, 0.29) is 35.9 Å². The Balaban J connectivity index is 0.00000261. The molecule has 0 spiro atoms. The van der Waals surface area contributed by atoms with Crippen molar-refractivity contribution in [3.63, 3.8) is 0 Å². The molecule has 0 bridgehead atoms. The van der Waals surface area contributed by atoms with Crippen molar-refractivity contribution < 1.29 is 9.13 Å². The van der Waals surface area contributed by atoms with E-state index in [1.807, 2.05) is 35.7 Å². The van der Waals surface area contributed by atoms with Gasteiger partial charge in [0.1, 0.15) is 17.7 Å². The molecule has 0 aliphatic carbocycles. The van der Waals surface area contributed by atoms with Crippen molar-refractivity contribution in [3.8, 4) is 5.75 Å². The lowest BCUT2D eigenvalue weighted by Crippen LogP contribution is -2.41. The van der Waals surface area contributed by atoms with Gasteiger partial charge < -0.3 is 15.4 Å². The number of guanidine groups is 1. The van der Waals surface area contributed by atoms with Crippen LogP contribution in [0, 0.1) is 5.82 Å². The van der Waals surface area contributed by atoms with Gasteiger partial charge in [-0.05, 0) is 31.2 Å². The predicted octanol–water partition coefficient (Wildman–Crippen LogP) is 2.62. The molecule has 0 aliphatic heterocycles. The van der Waals surface area contributed by atoms with Crippen molar-refractivity contribution in [1.29, 1.82) is 0 Å². The van der Waals surface area contributed by atoms with Gasteiger partial charge in [-0.3, -0.25) is 9.39 Å². The summed E-state index contributed by atoms with van der Waals surface area (Å²) in [7, 11) is 1.69. The van der Waals surface area contributed by atoms with E-state index in [0.29, 0.717) is 24.8 Å². The van der Waals surface area contributed by atoms with Gasteiger partial charge in [0.05, 0.1) is 13.1 Å². The fraction of sp³-hybridized carbons (Fsp3) is 0.278. The molecular formula is C18H22FIN6O. The molecule has 27 heavy (non-hydrogen) atoms. The van der Waals surface area contributed by atoms with Gasteiger partial charge in [0.2, 0.25) is 0 Å². The van der Waals surface area contributed by atoms with Gasteiger partial charge in [0.15, 0.2) is 17.4 Å². The molecule has 3 rings (SSSR count). The molecule has 7 nitrogen and oxygen atoms in total. The Bertz CT molecular complexity index is 900. The molecule has 2 heterocycles. The minimum Gasteiger partial charge on any atom is -0.489 e. The zero-order valence-corrected chi connectivity index (χ0v) is 17.4. The molecule has 0 fully saturated rings. The summed E-state index contributed by atoms with van der Waals surface area (Å²) in [5.74, 6) is 1.58. The highest BCUT2D eigenvalue weighted by Crippen LogP contribution is 2.13. The topological polar surface area (TPSA) is 75.8 Å². The molecule has 144 valence electrons. The van der Waals surface area contributed by atoms with Crippen molar-refractivity contribution >= 4 is 35.6 Å². The van der Waals surface area contributed by atoms with Crippen LogP contribution in [0.5, 0.6) is 5.75 Å². The van der Waals surface area contributed by atoms with E-state index in [0.717, 1.165) is 11.5 Å². The van der Waals surface area contributed by atoms with Gasteiger partial charge in [-0.15, -0.1) is 34.2 Å². The summed E-state index contributed by atoms with van der Waals surface area (Å²) in [6.45, 7) is 2.89. The molecular weight excluding hydrogens is 462 g/mol. The highest BCUT2D eigenvalue weighted by molar-refractivity contribution is 14.0. The molecule has 2 aromatic heterocycles. The number of aromatic nitrogens is 3. The van der Waals surface area contributed by atoms with Crippen molar-refractivity contribution in [2.24, 2.45) is 4.99 Å². The smallest absolute Gasteiger partial charge is 0.191 e. The Morgan fingerprint density at radius 1 is 1.22 bits per heavy atom. The normalized spacial score (nSPS) is 12.3. The molecule has 0 radical (unpaired) electrons. The first kappa shape index (κ1) is 20.9. The molecule has 2 N–H and O–H groups in total. The average Bonchev–Trinajstić information content (AvgIpc) is 3.05. The third kappa shape index (κ3) is 5.78. The van der Waals surface area contributed by atoms with Gasteiger partial charge in [0, 0.05) is 19.3 Å². The molecule has 0 saturated heterocycles. The van der Waals surface area contributed by atoms with Crippen molar-refractivity contribution in [3.05, 3.63) is 60.3 Å². The van der Waals surface area contributed by atoms with Crippen LogP contribution < -0.4 is 15.4 Å².